The summed E-state index contributed by atoms with van der Waals surface area (Å²) in [7, 11) is 3.08. The van der Waals surface area contributed by atoms with Gasteiger partial charge in [0.1, 0.15) is 23.4 Å². The Labute approximate surface area is 167 Å². The van der Waals surface area contributed by atoms with Crippen molar-refractivity contribution in [3.63, 3.8) is 0 Å². The van der Waals surface area contributed by atoms with E-state index in [2.05, 4.69) is 4.98 Å². The summed E-state index contributed by atoms with van der Waals surface area (Å²) in [5, 5.41) is 1.60. The number of hydrogen-bond donors (Lipinski definition) is 0. The highest BCUT2D eigenvalue weighted by Gasteiger charge is 2.28. The molecule has 1 aliphatic rings. The quantitative estimate of drug-likeness (QED) is 0.674. The number of morpholine rings is 1. The number of fused-ring (bicyclic) bond motifs is 1. The van der Waals surface area contributed by atoms with E-state index in [4.69, 9.17) is 14.2 Å². The number of benzene rings is 2. The monoisotopic (exact) mass is 396 g/mol. The van der Waals surface area contributed by atoms with E-state index < -0.39 is 0 Å². The van der Waals surface area contributed by atoms with Gasteiger partial charge in [-0.05, 0) is 41.8 Å². The smallest absolute Gasteiger partial charge is 0.257 e. The number of amides is 1. The second-order valence-electron chi connectivity index (χ2n) is 6.78. The van der Waals surface area contributed by atoms with Crippen LogP contribution in [0, 0.1) is 5.82 Å². The molecule has 0 saturated carbocycles. The summed E-state index contributed by atoms with van der Waals surface area (Å²) in [5.41, 5.74) is 1.13. The molecule has 0 unspecified atom stereocenters. The summed E-state index contributed by atoms with van der Waals surface area (Å²) in [6, 6.07) is 11.5. The molecule has 2 heterocycles. The molecule has 4 rings (SSSR count). The number of ether oxygens (including phenoxy) is 3. The molecular weight excluding hydrogens is 375 g/mol. The van der Waals surface area contributed by atoms with Crippen LogP contribution in [0.15, 0.2) is 48.7 Å². The van der Waals surface area contributed by atoms with Gasteiger partial charge in [-0.2, -0.15) is 0 Å². The van der Waals surface area contributed by atoms with Crippen LogP contribution in [-0.4, -0.2) is 49.7 Å². The predicted molar refractivity (Wildman–Crippen MR) is 106 cm³/mol. The number of carbonyl (C=O) groups excluding carboxylic acids is 1. The van der Waals surface area contributed by atoms with Gasteiger partial charge in [0.05, 0.1) is 38.6 Å². The number of nitrogens with zero attached hydrogens (tertiary/aromatic N) is 2. The minimum absolute atomic E-state index is 0.148. The minimum atomic E-state index is -0.385. The van der Waals surface area contributed by atoms with Crippen LogP contribution in [0.25, 0.3) is 10.8 Å². The fraction of sp³-hybridized carbons (Fsp3) is 0.273. The molecule has 3 aromatic rings. The second-order valence-corrected chi connectivity index (χ2v) is 6.78. The fourth-order valence-corrected chi connectivity index (χ4v) is 3.46. The Bertz CT molecular complexity index is 1060. The third-order valence-corrected chi connectivity index (χ3v) is 5.03. The third kappa shape index (κ3) is 3.86. The van der Waals surface area contributed by atoms with Gasteiger partial charge >= 0.3 is 0 Å². The lowest BCUT2D eigenvalue weighted by Gasteiger charge is -2.33. The van der Waals surface area contributed by atoms with Crippen molar-refractivity contribution in [3.8, 4) is 11.5 Å². The number of pyridine rings is 1. The normalized spacial score (nSPS) is 16.7. The average molecular weight is 396 g/mol. The lowest BCUT2D eigenvalue weighted by Crippen LogP contribution is -2.42. The van der Waals surface area contributed by atoms with Crippen molar-refractivity contribution in [1.29, 1.82) is 0 Å². The molecule has 1 aliphatic heterocycles. The molecule has 0 bridgehead atoms. The summed E-state index contributed by atoms with van der Waals surface area (Å²) in [6.07, 6.45) is 1.31. The maximum Gasteiger partial charge on any atom is 0.257 e. The molecule has 1 atom stereocenters. The molecule has 0 aliphatic carbocycles. The van der Waals surface area contributed by atoms with E-state index in [0.717, 1.165) is 10.8 Å². The van der Waals surface area contributed by atoms with Crippen molar-refractivity contribution in [2.45, 2.75) is 6.10 Å². The summed E-state index contributed by atoms with van der Waals surface area (Å²) in [5.74, 6) is 0.620. The van der Waals surface area contributed by atoms with Crippen molar-refractivity contribution in [3.05, 3.63) is 65.7 Å². The maximum atomic E-state index is 13.6. The van der Waals surface area contributed by atoms with Crippen LogP contribution in [0.1, 0.15) is 22.2 Å². The van der Waals surface area contributed by atoms with E-state index in [1.165, 1.54) is 19.2 Å². The van der Waals surface area contributed by atoms with Crippen LogP contribution >= 0.6 is 0 Å². The van der Waals surface area contributed by atoms with Gasteiger partial charge in [-0.3, -0.25) is 9.78 Å². The SMILES string of the molecule is COc1ccc(C(=O)N2CCO[C@@H](c3cc4cc(F)ccc4cn3)C2)c(OC)c1. The van der Waals surface area contributed by atoms with Gasteiger partial charge in [-0.25, -0.2) is 4.39 Å². The lowest BCUT2D eigenvalue weighted by atomic mass is 10.1. The number of carbonyl (C=O) groups is 1. The van der Waals surface area contributed by atoms with Gasteiger partial charge in [-0.1, -0.05) is 0 Å². The van der Waals surface area contributed by atoms with Gasteiger partial charge in [0, 0.05) is 24.2 Å². The Morgan fingerprint density at radius 2 is 2.00 bits per heavy atom. The fourth-order valence-electron chi connectivity index (χ4n) is 3.46. The van der Waals surface area contributed by atoms with E-state index in [1.807, 2.05) is 6.07 Å². The first-order valence-corrected chi connectivity index (χ1v) is 9.27. The van der Waals surface area contributed by atoms with Crippen LogP contribution in [0.3, 0.4) is 0 Å². The molecule has 1 aromatic heterocycles. The third-order valence-electron chi connectivity index (χ3n) is 5.03. The lowest BCUT2D eigenvalue weighted by molar-refractivity contribution is -0.0247. The summed E-state index contributed by atoms with van der Waals surface area (Å²) < 4.78 is 30.0. The molecule has 29 heavy (non-hydrogen) atoms. The molecule has 0 N–H and O–H groups in total. The van der Waals surface area contributed by atoms with Crippen LogP contribution in [-0.2, 0) is 4.74 Å². The molecule has 0 radical (unpaired) electrons. The Morgan fingerprint density at radius 3 is 2.79 bits per heavy atom. The number of hydrogen-bond acceptors (Lipinski definition) is 5. The van der Waals surface area contributed by atoms with Crippen LogP contribution in [0.4, 0.5) is 4.39 Å². The first-order valence-electron chi connectivity index (χ1n) is 9.27. The first kappa shape index (κ1) is 19.1. The molecule has 6 nitrogen and oxygen atoms in total. The Kier molecular flexibility index (Phi) is 5.31. The van der Waals surface area contributed by atoms with Crippen LogP contribution in [0.5, 0.6) is 11.5 Å². The van der Waals surface area contributed by atoms with E-state index in [-0.39, 0.29) is 17.8 Å². The molecule has 2 aromatic carbocycles. The largest absolute Gasteiger partial charge is 0.497 e. The van der Waals surface area contributed by atoms with Gasteiger partial charge in [-0.15, -0.1) is 0 Å². The number of aromatic nitrogens is 1. The minimum Gasteiger partial charge on any atom is -0.497 e. The van der Waals surface area contributed by atoms with Crippen molar-refractivity contribution >= 4 is 16.7 Å². The molecule has 150 valence electrons. The maximum absolute atomic E-state index is 13.6. The Hall–Kier alpha value is -3.19. The topological polar surface area (TPSA) is 60.9 Å². The van der Waals surface area contributed by atoms with Crippen molar-refractivity contribution in [2.75, 3.05) is 33.9 Å². The zero-order valence-electron chi connectivity index (χ0n) is 16.2. The highest BCUT2D eigenvalue weighted by atomic mass is 19.1. The highest BCUT2D eigenvalue weighted by Crippen LogP contribution is 2.29. The zero-order valence-corrected chi connectivity index (χ0v) is 16.2. The second kappa shape index (κ2) is 8.05. The number of rotatable bonds is 4. The van der Waals surface area contributed by atoms with Crippen LogP contribution < -0.4 is 9.47 Å². The Morgan fingerprint density at radius 1 is 1.14 bits per heavy atom. The van der Waals surface area contributed by atoms with Gasteiger partial charge in [0.25, 0.3) is 5.91 Å². The summed E-state index contributed by atoms with van der Waals surface area (Å²) in [6.45, 7) is 1.20. The van der Waals surface area contributed by atoms with Crippen LogP contribution in [0.2, 0.25) is 0 Å². The average Bonchev–Trinajstić information content (AvgIpc) is 2.77. The summed E-state index contributed by atoms with van der Waals surface area (Å²) >= 11 is 0. The van der Waals surface area contributed by atoms with E-state index >= 15 is 0 Å². The van der Waals surface area contributed by atoms with Gasteiger partial charge in [0.2, 0.25) is 0 Å². The van der Waals surface area contributed by atoms with Crippen molar-refractivity contribution in [2.24, 2.45) is 0 Å². The predicted octanol–water partition coefficient (Wildman–Crippen LogP) is 3.60. The van der Waals surface area contributed by atoms with E-state index in [0.29, 0.717) is 42.5 Å². The molecular formula is C22H21FN2O4. The van der Waals surface area contributed by atoms with Crippen molar-refractivity contribution < 1.29 is 23.4 Å². The molecule has 7 heteroatoms. The molecule has 0 spiro atoms. The molecule has 1 saturated heterocycles. The molecule has 1 fully saturated rings. The molecule has 1 amide bonds. The summed E-state index contributed by atoms with van der Waals surface area (Å²) in [4.78, 5) is 19.3. The van der Waals surface area contributed by atoms with Gasteiger partial charge in [0.15, 0.2) is 0 Å². The standard InChI is InChI=1S/C22H21FN2O4/c1-27-17-5-6-18(20(11-17)28-2)22(26)25-7-8-29-21(13-25)19-10-15-9-16(23)4-3-14(15)12-24-19/h3-6,9-12,21H,7-8,13H2,1-2H3/t21-/m1/s1. The highest BCUT2D eigenvalue weighted by molar-refractivity contribution is 5.97. The zero-order chi connectivity index (χ0) is 20.4. The van der Waals surface area contributed by atoms with Gasteiger partial charge < -0.3 is 19.1 Å². The number of methoxy groups -OCH3 is 2. The number of halogens is 1. The first-order chi connectivity index (χ1) is 14.1. The van der Waals surface area contributed by atoms with E-state index in [1.54, 1.807) is 42.5 Å². The van der Waals surface area contributed by atoms with E-state index in [9.17, 15) is 9.18 Å². The Balaban J connectivity index is 1.57. The van der Waals surface area contributed by atoms with Crippen molar-refractivity contribution in [1.82, 2.24) is 9.88 Å².